The average molecular weight is 267 g/mol. The van der Waals surface area contributed by atoms with Crippen molar-refractivity contribution in [2.75, 3.05) is 7.11 Å². The van der Waals surface area contributed by atoms with Gasteiger partial charge in [0.25, 0.3) is 0 Å². The largest absolute Gasteiger partial charge is 0.479 e. The van der Waals surface area contributed by atoms with E-state index in [2.05, 4.69) is 35.9 Å². The number of nitrogens with zero attached hydrogens (tertiary/aromatic N) is 4. The van der Waals surface area contributed by atoms with Gasteiger partial charge in [-0.3, -0.25) is 0 Å². The maximum atomic E-state index is 5.10. The third-order valence-corrected chi connectivity index (χ3v) is 2.41. The summed E-state index contributed by atoms with van der Waals surface area (Å²) in [5, 5.41) is 0. The lowest BCUT2D eigenvalue weighted by molar-refractivity contribution is 0.397. The molecule has 2 aromatic heterocycles. The predicted octanol–water partition coefficient (Wildman–Crippen LogP) is 1.70. The van der Waals surface area contributed by atoms with Gasteiger partial charge < -0.3 is 4.74 Å². The molecule has 15 heavy (non-hydrogen) atoms. The van der Waals surface area contributed by atoms with Gasteiger partial charge in [-0.2, -0.15) is 0 Å². The van der Waals surface area contributed by atoms with Crippen LogP contribution in [0.15, 0.2) is 29.5 Å². The van der Waals surface area contributed by atoms with Crippen molar-refractivity contribution in [3.05, 3.63) is 29.5 Å². The quantitative estimate of drug-likeness (QED) is 0.775. The Balaban J connectivity index is 2.59. The maximum absolute atomic E-state index is 5.10. The monoisotopic (exact) mass is 266 g/mol. The normalized spacial score (nSPS) is 10.0. The highest BCUT2D eigenvalue weighted by molar-refractivity contribution is 9.10. The minimum atomic E-state index is 0.452. The highest BCUT2D eigenvalue weighted by Crippen LogP contribution is 2.28. The third-order valence-electron chi connectivity index (χ3n) is 1.78. The molecule has 0 radical (unpaired) electrons. The lowest BCUT2D eigenvalue weighted by Gasteiger charge is -2.05. The molecule has 0 aliphatic rings. The van der Waals surface area contributed by atoms with Crippen LogP contribution in [0, 0.1) is 0 Å². The van der Waals surface area contributed by atoms with Gasteiger partial charge in [0.15, 0.2) is 0 Å². The summed E-state index contributed by atoms with van der Waals surface area (Å²) < 4.78 is 5.77. The standard InChI is InChI=1S/C9H7BrN4O/c1-15-9-7(12-2-3-13-9)6-4-11-5-14-8(6)10/h2-5H,1H3. The highest BCUT2D eigenvalue weighted by Gasteiger charge is 2.11. The number of halogens is 1. The van der Waals surface area contributed by atoms with E-state index >= 15 is 0 Å². The van der Waals surface area contributed by atoms with Crippen molar-refractivity contribution in [3.8, 4) is 17.1 Å². The van der Waals surface area contributed by atoms with E-state index in [1.54, 1.807) is 25.7 Å². The van der Waals surface area contributed by atoms with E-state index in [9.17, 15) is 0 Å². The topological polar surface area (TPSA) is 60.8 Å². The Morgan fingerprint density at radius 2 is 2.00 bits per heavy atom. The van der Waals surface area contributed by atoms with Gasteiger partial charge in [0.1, 0.15) is 16.6 Å². The van der Waals surface area contributed by atoms with Crippen LogP contribution in [-0.4, -0.2) is 27.0 Å². The zero-order valence-electron chi connectivity index (χ0n) is 7.88. The first-order valence-corrected chi connectivity index (χ1v) is 4.93. The van der Waals surface area contributed by atoms with Gasteiger partial charge in [-0.1, -0.05) is 0 Å². The first-order valence-electron chi connectivity index (χ1n) is 4.14. The van der Waals surface area contributed by atoms with Crippen molar-refractivity contribution in [3.63, 3.8) is 0 Å². The van der Waals surface area contributed by atoms with E-state index in [-0.39, 0.29) is 0 Å². The van der Waals surface area contributed by atoms with Gasteiger partial charge in [-0.05, 0) is 15.9 Å². The molecule has 0 bridgehead atoms. The molecule has 0 spiro atoms. The van der Waals surface area contributed by atoms with Gasteiger partial charge in [0.2, 0.25) is 5.88 Å². The minimum absolute atomic E-state index is 0.452. The SMILES string of the molecule is COc1nccnc1-c1cncnc1Br. The Morgan fingerprint density at radius 3 is 2.73 bits per heavy atom. The van der Waals surface area contributed by atoms with E-state index in [0.29, 0.717) is 16.2 Å². The van der Waals surface area contributed by atoms with Crippen molar-refractivity contribution in [1.29, 1.82) is 0 Å². The molecule has 0 saturated carbocycles. The highest BCUT2D eigenvalue weighted by atomic mass is 79.9. The molecule has 0 aliphatic carbocycles. The Hall–Kier alpha value is -1.56. The van der Waals surface area contributed by atoms with Crippen LogP contribution in [-0.2, 0) is 0 Å². The number of methoxy groups -OCH3 is 1. The number of ether oxygens (including phenoxy) is 1. The van der Waals surface area contributed by atoms with Crippen LogP contribution in [0.3, 0.4) is 0 Å². The Labute approximate surface area is 94.7 Å². The van der Waals surface area contributed by atoms with E-state index in [4.69, 9.17) is 4.74 Å². The Kier molecular flexibility index (Phi) is 2.86. The zero-order valence-corrected chi connectivity index (χ0v) is 9.47. The molecule has 0 N–H and O–H groups in total. The van der Waals surface area contributed by atoms with E-state index in [1.807, 2.05) is 0 Å². The summed E-state index contributed by atoms with van der Waals surface area (Å²) in [6.07, 6.45) is 6.28. The number of rotatable bonds is 2. The van der Waals surface area contributed by atoms with E-state index in [0.717, 1.165) is 5.56 Å². The van der Waals surface area contributed by atoms with Gasteiger partial charge in [-0.25, -0.2) is 19.9 Å². The molecule has 0 saturated heterocycles. The molecule has 0 fully saturated rings. The summed E-state index contributed by atoms with van der Waals surface area (Å²) in [6, 6.07) is 0. The van der Waals surface area contributed by atoms with Gasteiger partial charge in [0, 0.05) is 18.6 Å². The molecule has 0 aliphatic heterocycles. The molecule has 0 aromatic carbocycles. The zero-order chi connectivity index (χ0) is 10.7. The van der Waals surface area contributed by atoms with Crippen molar-refractivity contribution in [1.82, 2.24) is 19.9 Å². The molecule has 0 atom stereocenters. The Bertz CT molecular complexity index is 477. The number of hydrogen-bond acceptors (Lipinski definition) is 5. The van der Waals surface area contributed by atoms with Crippen molar-refractivity contribution < 1.29 is 4.74 Å². The van der Waals surface area contributed by atoms with Crippen molar-refractivity contribution in [2.45, 2.75) is 0 Å². The fraction of sp³-hybridized carbons (Fsp3) is 0.111. The summed E-state index contributed by atoms with van der Waals surface area (Å²) >= 11 is 3.32. The van der Waals surface area contributed by atoms with Crippen LogP contribution in [0.2, 0.25) is 0 Å². The fourth-order valence-corrected chi connectivity index (χ4v) is 1.51. The van der Waals surface area contributed by atoms with Crippen molar-refractivity contribution >= 4 is 15.9 Å². The first kappa shape index (κ1) is 9.97. The van der Waals surface area contributed by atoms with E-state index < -0.39 is 0 Å². The molecule has 0 unspecified atom stereocenters. The van der Waals surface area contributed by atoms with Crippen molar-refractivity contribution in [2.24, 2.45) is 0 Å². The van der Waals surface area contributed by atoms with Gasteiger partial charge >= 0.3 is 0 Å². The molecular formula is C9H7BrN4O. The molecule has 2 rings (SSSR count). The molecular weight excluding hydrogens is 260 g/mol. The summed E-state index contributed by atoms with van der Waals surface area (Å²) in [6.45, 7) is 0. The fourth-order valence-electron chi connectivity index (χ4n) is 1.13. The average Bonchev–Trinajstić information content (AvgIpc) is 2.30. The third kappa shape index (κ3) is 1.94. The lowest BCUT2D eigenvalue weighted by Crippen LogP contribution is -1.95. The van der Waals surface area contributed by atoms with Crippen LogP contribution in [0.25, 0.3) is 11.3 Å². The van der Waals surface area contributed by atoms with Gasteiger partial charge in [-0.15, -0.1) is 0 Å². The number of aromatic nitrogens is 4. The second-order valence-electron chi connectivity index (χ2n) is 2.64. The van der Waals surface area contributed by atoms with Crippen LogP contribution in [0.1, 0.15) is 0 Å². The molecule has 0 amide bonds. The summed E-state index contributed by atoms with van der Waals surface area (Å²) in [5.41, 5.74) is 1.37. The van der Waals surface area contributed by atoms with Crippen LogP contribution >= 0.6 is 15.9 Å². The Morgan fingerprint density at radius 1 is 1.20 bits per heavy atom. The molecule has 76 valence electrons. The number of hydrogen-bond donors (Lipinski definition) is 0. The smallest absolute Gasteiger partial charge is 0.240 e. The molecule has 5 nitrogen and oxygen atoms in total. The molecule has 2 aromatic rings. The summed E-state index contributed by atoms with van der Waals surface area (Å²) in [4.78, 5) is 16.2. The van der Waals surface area contributed by atoms with Gasteiger partial charge in [0.05, 0.1) is 12.7 Å². The molecule has 2 heterocycles. The van der Waals surface area contributed by atoms with E-state index in [1.165, 1.54) is 6.33 Å². The summed E-state index contributed by atoms with van der Waals surface area (Å²) in [5.74, 6) is 0.452. The van der Waals surface area contributed by atoms with Crippen LogP contribution in [0.4, 0.5) is 0 Å². The second-order valence-corrected chi connectivity index (χ2v) is 3.39. The second kappa shape index (κ2) is 4.31. The maximum Gasteiger partial charge on any atom is 0.240 e. The minimum Gasteiger partial charge on any atom is -0.479 e. The van der Waals surface area contributed by atoms with Crippen LogP contribution in [0.5, 0.6) is 5.88 Å². The summed E-state index contributed by atoms with van der Waals surface area (Å²) in [7, 11) is 1.55. The van der Waals surface area contributed by atoms with Crippen LogP contribution < -0.4 is 4.74 Å². The molecule has 6 heteroatoms. The predicted molar refractivity (Wildman–Crippen MR) is 57.3 cm³/mol. The lowest BCUT2D eigenvalue weighted by atomic mass is 10.2. The first-order chi connectivity index (χ1) is 7.33.